The van der Waals surface area contributed by atoms with Crippen molar-refractivity contribution in [2.75, 3.05) is 14.1 Å². The zero-order valence-corrected chi connectivity index (χ0v) is 14.2. The molecule has 0 radical (unpaired) electrons. The van der Waals surface area contributed by atoms with Crippen LogP contribution < -0.4 is 9.62 Å². The molecule has 118 valence electrons. The van der Waals surface area contributed by atoms with Crippen molar-refractivity contribution in [1.29, 1.82) is 0 Å². The Morgan fingerprint density at radius 3 is 2.27 bits per heavy atom. The lowest BCUT2D eigenvalue weighted by molar-refractivity contribution is -0.872. The molecule has 0 atom stereocenters. The van der Waals surface area contributed by atoms with Gasteiger partial charge in [0.1, 0.15) is 6.54 Å². The third kappa shape index (κ3) is 4.81. The van der Waals surface area contributed by atoms with Crippen LogP contribution in [0.25, 0.3) is 0 Å². The molecule has 2 N–H and O–H groups in total. The molecule has 0 bridgehead atoms. The van der Waals surface area contributed by atoms with Gasteiger partial charge in [-0.1, -0.05) is 41.9 Å². The van der Waals surface area contributed by atoms with Crippen LogP contribution in [-0.4, -0.2) is 22.5 Å². The average Bonchev–Trinajstić information content (AvgIpc) is 2.46. The maximum Gasteiger partial charge on any atom is 0.240 e. The summed E-state index contributed by atoms with van der Waals surface area (Å²) in [5.74, 6) is 0. The quantitative estimate of drug-likeness (QED) is 0.837. The fourth-order valence-electron chi connectivity index (χ4n) is 2.08. The number of hydrogen-bond donors (Lipinski definition) is 2. The summed E-state index contributed by atoms with van der Waals surface area (Å²) in [5.41, 5.74) is 2.14. The summed E-state index contributed by atoms with van der Waals surface area (Å²) in [4.78, 5) is 1.52. The molecule has 0 heterocycles. The van der Waals surface area contributed by atoms with Gasteiger partial charge in [0.25, 0.3) is 0 Å². The molecule has 0 aliphatic rings. The number of nitrogens with one attached hydrogen (secondary N) is 2. The van der Waals surface area contributed by atoms with Gasteiger partial charge >= 0.3 is 0 Å². The number of halogens is 1. The first-order valence-corrected chi connectivity index (χ1v) is 8.85. The van der Waals surface area contributed by atoms with E-state index in [-0.39, 0.29) is 11.4 Å². The Morgan fingerprint density at radius 1 is 1.05 bits per heavy atom. The molecule has 4 nitrogen and oxygen atoms in total. The molecule has 0 aliphatic heterocycles. The number of quaternary nitrogens is 1. The zero-order chi connectivity index (χ0) is 16.2. The molecule has 0 saturated heterocycles. The van der Waals surface area contributed by atoms with Gasteiger partial charge in [-0.3, -0.25) is 0 Å². The average molecular weight is 340 g/mol. The molecule has 0 spiro atoms. The predicted molar refractivity (Wildman–Crippen MR) is 88.4 cm³/mol. The van der Waals surface area contributed by atoms with Crippen molar-refractivity contribution in [2.24, 2.45) is 0 Å². The van der Waals surface area contributed by atoms with E-state index >= 15 is 0 Å². The van der Waals surface area contributed by atoms with Crippen LogP contribution >= 0.6 is 11.6 Å². The highest BCUT2D eigenvalue weighted by molar-refractivity contribution is 7.89. The molecule has 6 heteroatoms. The first-order chi connectivity index (χ1) is 10.4. The standard InChI is InChI=1S/C16H19ClN2O2S/c1-19(2)12-14-8-6-13(7-9-14)11-18-22(20,21)16-5-3-4-15(17)10-16/h3-10,18H,11-12H2,1-2H3/p+1. The fraction of sp³-hybridized carbons (Fsp3) is 0.250. The lowest BCUT2D eigenvalue weighted by atomic mass is 10.1. The van der Waals surface area contributed by atoms with Gasteiger partial charge in [-0.25, -0.2) is 13.1 Å². The molecule has 0 fully saturated rings. The molecule has 22 heavy (non-hydrogen) atoms. The zero-order valence-electron chi connectivity index (χ0n) is 12.6. The summed E-state index contributed by atoms with van der Waals surface area (Å²) in [5, 5.41) is 0.401. The summed E-state index contributed by atoms with van der Waals surface area (Å²) >= 11 is 5.83. The largest absolute Gasteiger partial charge is 0.336 e. The van der Waals surface area contributed by atoms with Crippen molar-refractivity contribution < 1.29 is 13.3 Å². The first kappa shape index (κ1) is 17.0. The highest BCUT2D eigenvalue weighted by atomic mass is 35.5. The Morgan fingerprint density at radius 2 is 1.68 bits per heavy atom. The van der Waals surface area contributed by atoms with Crippen LogP contribution in [0.2, 0.25) is 5.02 Å². The van der Waals surface area contributed by atoms with Crippen LogP contribution in [0.1, 0.15) is 11.1 Å². The highest BCUT2D eigenvalue weighted by Crippen LogP contribution is 2.15. The van der Waals surface area contributed by atoms with E-state index < -0.39 is 10.0 Å². The number of benzene rings is 2. The normalized spacial score (nSPS) is 11.8. The van der Waals surface area contributed by atoms with Crippen LogP contribution in [-0.2, 0) is 23.1 Å². The maximum atomic E-state index is 12.2. The first-order valence-electron chi connectivity index (χ1n) is 6.99. The third-order valence-electron chi connectivity index (χ3n) is 3.15. The summed E-state index contributed by atoms with van der Waals surface area (Å²) in [6, 6.07) is 14.2. The summed E-state index contributed by atoms with van der Waals surface area (Å²) in [6.07, 6.45) is 0. The van der Waals surface area contributed by atoms with Gasteiger partial charge in [0.15, 0.2) is 0 Å². The van der Waals surface area contributed by atoms with E-state index in [1.807, 2.05) is 24.3 Å². The molecule has 0 saturated carbocycles. The SMILES string of the molecule is C[NH+](C)Cc1ccc(CNS(=O)(=O)c2cccc(Cl)c2)cc1. The van der Waals surface area contributed by atoms with E-state index in [0.717, 1.165) is 12.1 Å². The predicted octanol–water partition coefficient (Wildman–Crippen LogP) is 1.46. The Labute approximate surface area is 136 Å². The molecule has 0 aliphatic carbocycles. The van der Waals surface area contributed by atoms with Gasteiger partial charge in [-0.15, -0.1) is 0 Å². The van der Waals surface area contributed by atoms with Crippen molar-refractivity contribution in [3.05, 3.63) is 64.7 Å². The van der Waals surface area contributed by atoms with E-state index in [1.54, 1.807) is 12.1 Å². The van der Waals surface area contributed by atoms with Crippen molar-refractivity contribution in [3.8, 4) is 0 Å². The minimum atomic E-state index is -3.55. The van der Waals surface area contributed by atoms with Crippen LogP contribution in [0.5, 0.6) is 0 Å². The van der Waals surface area contributed by atoms with E-state index in [2.05, 4.69) is 18.8 Å². The van der Waals surface area contributed by atoms with Crippen molar-refractivity contribution in [2.45, 2.75) is 18.0 Å². The lowest BCUT2D eigenvalue weighted by Gasteiger charge is -2.09. The Kier molecular flexibility index (Phi) is 5.58. The molecule has 0 aromatic heterocycles. The van der Waals surface area contributed by atoms with Crippen LogP contribution in [0.15, 0.2) is 53.4 Å². The van der Waals surface area contributed by atoms with Crippen molar-refractivity contribution in [1.82, 2.24) is 4.72 Å². The van der Waals surface area contributed by atoms with Gasteiger partial charge in [0.2, 0.25) is 10.0 Å². The Bertz CT molecular complexity index is 728. The second-order valence-electron chi connectivity index (χ2n) is 5.48. The van der Waals surface area contributed by atoms with Crippen LogP contribution in [0.3, 0.4) is 0 Å². The molecular weight excluding hydrogens is 320 g/mol. The minimum absolute atomic E-state index is 0.174. The van der Waals surface area contributed by atoms with Gasteiger partial charge in [0, 0.05) is 17.1 Å². The monoisotopic (exact) mass is 339 g/mol. The van der Waals surface area contributed by atoms with E-state index in [0.29, 0.717) is 5.02 Å². The summed E-state index contributed by atoms with van der Waals surface area (Å²) in [6.45, 7) is 1.19. The second kappa shape index (κ2) is 7.24. The highest BCUT2D eigenvalue weighted by Gasteiger charge is 2.13. The smallest absolute Gasteiger partial charge is 0.240 e. The van der Waals surface area contributed by atoms with E-state index in [1.165, 1.54) is 22.6 Å². The maximum absolute atomic E-state index is 12.2. The topological polar surface area (TPSA) is 50.6 Å². The molecule has 2 aromatic rings. The van der Waals surface area contributed by atoms with Gasteiger partial charge in [-0.05, 0) is 23.8 Å². The fourth-order valence-corrected chi connectivity index (χ4v) is 3.40. The molecular formula is C16H20ClN2O2S+. The number of hydrogen-bond acceptors (Lipinski definition) is 2. The minimum Gasteiger partial charge on any atom is -0.336 e. The number of rotatable bonds is 6. The molecule has 0 unspecified atom stereocenters. The summed E-state index contributed by atoms with van der Waals surface area (Å²) < 4.78 is 27.0. The van der Waals surface area contributed by atoms with Gasteiger partial charge < -0.3 is 4.90 Å². The second-order valence-corrected chi connectivity index (χ2v) is 7.69. The Balaban J connectivity index is 2.03. The third-order valence-corrected chi connectivity index (χ3v) is 4.79. The molecule has 0 amide bonds. The van der Waals surface area contributed by atoms with Gasteiger partial charge in [0.05, 0.1) is 19.0 Å². The van der Waals surface area contributed by atoms with E-state index in [4.69, 9.17) is 11.6 Å². The van der Waals surface area contributed by atoms with Gasteiger partial charge in [-0.2, -0.15) is 0 Å². The van der Waals surface area contributed by atoms with E-state index in [9.17, 15) is 8.42 Å². The molecule has 2 rings (SSSR count). The molecule has 2 aromatic carbocycles. The van der Waals surface area contributed by atoms with Crippen LogP contribution in [0.4, 0.5) is 0 Å². The van der Waals surface area contributed by atoms with Crippen LogP contribution in [0, 0.1) is 0 Å². The van der Waals surface area contributed by atoms with Crippen molar-refractivity contribution in [3.63, 3.8) is 0 Å². The lowest BCUT2D eigenvalue weighted by Crippen LogP contribution is -3.04. The van der Waals surface area contributed by atoms with Crippen molar-refractivity contribution >= 4 is 21.6 Å². The Hall–Kier alpha value is -1.40. The number of sulfonamides is 1. The summed E-state index contributed by atoms with van der Waals surface area (Å²) in [7, 11) is 0.632.